The molecule has 4 nitrogen and oxygen atoms in total. The smallest absolute Gasteiger partial charge is 0.123 e. The van der Waals surface area contributed by atoms with Crippen LogP contribution in [0.2, 0.25) is 0 Å². The van der Waals surface area contributed by atoms with Gasteiger partial charge in [-0.1, -0.05) is 23.9 Å². The van der Waals surface area contributed by atoms with Crippen molar-refractivity contribution >= 4 is 46.3 Å². The number of hydrogen-bond donors (Lipinski definition) is 3. The highest BCUT2D eigenvalue weighted by Gasteiger charge is 2.39. The van der Waals surface area contributed by atoms with Crippen LogP contribution in [0.25, 0.3) is 0 Å². The Morgan fingerprint density at radius 1 is 1.16 bits per heavy atom. The fourth-order valence-corrected chi connectivity index (χ4v) is 6.47. The molecule has 8 heteroatoms. The van der Waals surface area contributed by atoms with E-state index in [4.69, 9.17) is 0 Å². The van der Waals surface area contributed by atoms with Crippen LogP contribution in [0.5, 0.6) is 0 Å². The summed E-state index contributed by atoms with van der Waals surface area (Å²) >= 11 is 1.51. The van der Waals surface area contributed by atoms with Gasteiger partial charge in [0.2, 0.25) is 0 Å². The van der Waals surface area contributed by atoms with Crippen molar-refractivity contribution in [3.05, 3.63) is 54.3 Å². The van der Waals surface area contributed by atoms with Crippen LogP contribution in [-0.4, -0.2) is 27.3 Å². The van der Waals surface area contributed by atoms with Crippen molar-refractivity contribution in [3.63, 3.8) is 0 Å². The molecular formula is C17H22ClFN2O2S2. The number of rotatable bonds is 5. The van der Waals surface area contributed by atoms with Gasteiger partial charge in [-0.15, -0.1) is 23.2 Å². The van der Waals surface area contributed by atoms with E-state index in [0.717, 1.165) is 23.5 Å². The van der Waals surface area contributed by atoms with Crippen LogP contribution in [0.4, 0.5) is 15.8 Å². The molecule has 0 saturated heterocycles. The van der Waals surface area contributed by atoms with E-state index in [1.54, 1.807) is 16.4 Å². The number of anilines is 2. The Hall–Kier alpha value is -0.960. The predicted octanol–water partition coefficient (Wildman–Crippen LogP) is 5.48. The number of halogens is 2. The molecule has 0 fully saturated rings. The quantitative estimate of drug-likeness (QED) is 0.576. The van der Waals surface area contributed by atoms with Crippen LogP contribution in [0.1, 0.15) is 12.8 Å². The summed E-state index contributed by atoms with van der Waals surface area (Å²) in [7, 11) is -1.20. The van der Waals surface area contributed by atoms with Gasteiger partial charge >= 0.3 is 0 Å². The van der Waals surface area contributed by atoms with Gasteiger partial charge in [0.15, 0.2) is 0 Å². The zero-order valence-electron chi connectivity index (χ0n) is 13.8. The van der Waals surface area contributed by atoms with Gasteiger partial charge in [0.25, 0.3) is 0 Å². The molecule has 1 heterocycles. The van der Waals surface area contributed by atoms with Crippen molar-refractivity contribution in [1.29, 1.82) is 0 Å². The van der Waals surface area contributed by atoms with Crippen LogP contribution in [-0.2, 0) is 0 Å². The maximum atomic E-state index is 13.3. The van der Waals surface area contributed by atoms with Crippen LogP contribution >= 0.6 is 34.9 Å². The zero-order valence-corrected chi connectivity index (χ0v) is 16.2. The van der Waals surface area contributed by atoms with Gasteiger partial charge in [0, 0.05) is 4.90 Å². The molecule has 2 aromatic carbocycles. The highest BCUT2D eigenvalue weighted by atomic mass is 35.5. The summed E-state index contributed by atoms with van der Waals surface area (Å²) in [6.45, 7) is 0.824. The van der Waals surface area contributed by atoms with E-state index in [-0.39, 0.29) is 22.8 Å². The van der Waals surface area contributed by atoms with Gasteiger partial charge in [0.1, 0.15) is 10.4 Å². The van der Waals surface area contributed by atoms with Crippen molar-refractivity contribution in [3.8, 4) is 0 Å². The molecule has 138 valence electrons. The second-order valence-corrected chi connectivity index (χ2v) is 9.19. The lowest BCUT2D eigenvalue weighted by atomic mass is 10.2. The molecule has 0 amide bonds. The zero-order chi connectivity index (χ0) is 17.2. The van der Waals surface area contributed by atoms with Crippen LogP contribution in [0.3, 0.4) is 0 Å². The van der Waals surface area contributed by atoms with E-state index in [2.05, 4.69) is 5.32 Å². The number of hydrogen-bond acceptors (Lipinski definition) is 5. The number of benzene rings is 2. The average molecular weight is 405 g/mol. The Balaban J connectivity index is 0.00000225. The van der Waals surface area contributed by atoms with Crippen molar-refractivity contribution in [2.45, 2.75) is 22.3 Å². The molecule has 0 aromatic heterocycles. The minimum absolute atomic E-state index is 0. The van der Waals surface area contributed by atoms with E-state index in [0.29, 0.717) is 12.1 Å². The maximum Gasteiger partial charge on any atom is 0.123 e. The molecule has 0 radical (unpaired) electrons. The maximum absolute atomic E-state index is 13.3. The van der Waals surface area contributed by atoms with Crippen molar-refractivity contribution < 1.29 is 13.5 Å². The molecular weight excluding hydrogens is 383 g/mol. The predicted molar refractivity (Wildman–Crippen MR) is 108 cm³/mol. The SMILES string of the molecule is CNCCCC1Sc2ccccc2N(c2ccc(F)cc2)S1(O)O.Cl. The first-order chi connectivity index (χ1) is 11.5. The Morgan fingerprint density at radius 3 is 2.52 bits per heavy atom. The van der Waals surface area contributed by atoms with Crippen molar-refractivity contribution in [1.82, 2.24) is 5.32 Å². The summed E-state index contributed by atoms with van der Waals surface area (Å²) in [6, 6.07) is 13.5. The van der Waals surface area contributed by atoms with Crippen LogP contribution in [0, 0.1) is 5.82 Å². The number of nitrogens with zero attached hydrogens (tertiary/aromatic N) is 1. The molecule has 25 heavy (non-hydrogen) atoms. The third-order valence-electron chi connectivity index (χ3n) is 3.89. The molecule has 0 bridgehead atoms. The molecule has 1 aliphatic rings. The van der Waals surface area contributed by atoms with Crippen molar-refractivity contribution in [2.24, 2.45) is 0 Å². The fourth-order valence-electron chi connectivity index (χ4n) is 2.73. The topological polar surface area (TPSA) is 55.7 Å². The number of thioether (sulfide) groups is 1. The van der Waals surface area contributed by atoms with Gasteiger partial charge in [-0.05, 0) is 62.8 Å². The Labute approximate surface area is 159 Å². The third-order valence-corrected chi connectivity index (χ3v) is 7.94. The van der Waals surface area contributed by atoms with Gasteiger partial charge in [-0.2, -0.15) is 0 Å². The molecule has 0 saturated carbocycles. The third kappa shape index (κ3) is 4.24. The summed E-state index contributed by atoms with van der Waals surface area (Å²) in [5.74, 6) is -0.347. The highest BCUT2D eigenvalue weighted by Crippen LogP contribution is 2.65. The highest BCUT2D eigenvalue weighted by molar-refractivity contribution is 8.34. The summed E-state index contributed by atoms with van der Waals surface area (Å²) < 4.78 is 36.5. The van der Waals surface area contributed by atoms with E-state index in [1.807, 2.05) is 31.3 Å². The number of nitrogens with one attached hydrogen (secondary N) is 1. The largest absolute Gasteiger partial charge is 0.320 e. The average Bonchev–Trinajstić information content (AvgIpc) is 2.56. The number of fused-ring (bicyclic) bond motifs is 1. The van der Waals surface area contributed by atoms with Gasteiger partial charge in [-0.25, -0.2) is 8.70 Å². The van der Waals surface area contributed by atoms with Crippen molar-refractivity contribution in [2.75, 3.05) is 17.9 Å². The van der Waals surface area contributed by atoms with Gasteiger partial charge in [0.05, 0.1) is 11.4 Å². The monoisotopic (exact) mass is 404 g/mol. The first-order valence-electron chi connectivity index (χ1n) is 7.77. The van der Waals surface area contributed by atoms with Crippen LogP contribution in [0.15, 0.2) is 53.4 Å². The van der Waals surface area contributed by atoms with E-state index in [9.17, 15) is 13.5 Å². The molecule has 2 aromatic rings. The van der Waals surface area contributed by atoms with E-state index >= 15 is 0 Å². The fraction of sp³-hybridized carbons (Fsp3) is 0.294. The summed E-state index contributed by atoms with van der Waals surface area (Å²) in [6.07, 6.45) is 1.53. The standard InChI is InChI=1S/C17H21FN2O2S2.ClH/c1-19-12-4-7-17-23-16-6-3-2-5-15(16)20(24(17,21)22)14-10-8-13(18)9-11-14;/h2-3,5-6,8-11,17,19,21-22H,4,7,12H2,1H3;1H. The Bertz CT molecular complexity index is 703. The van der Waals surface area contributed by atoms with E-state index in [1.165, 1.54) is 23.9 Å². The first-order valence-corrected chi connectivity index (χ1v) is 10.2. The van der Waals surface area contributed by atoms with Crippen LogP contribution < -0.4 is 9.62 Å². The molecule has 1 atom stereocenters. The normalized spacial score (nSPS) is 19.7. The second kappa shape index (κ2) is 8.62. The molecule has 1 aliphatic heterocycles. The Morgan fingerprint density at radius 2 is 1.84 bits per heavy atom. The Kier molecular flexibility index (Phi) is 7.01. The summed E-state index contributed by atoms with van der Waals surface area (Å²) in [4.78, 5) is 1.00. The van der Waals surface area contributed by atoms with E-state index < -0.39 is 10.8 Å². The van der Waals surface area contributed by atoms with Gasteiger partial charge in [-0.3, -0.25) is 9.11 Å². The molecule has 0 aliphatic carbocycles. The lowest BCUT2D eigenvalue weighted by Gasteiger charge is -2.52. The van der Waals surface area contributed by atoms with Gasteiger partial charge < -0.3 is 5.32 Å². The summed E-state index contributed by atoms with van der Waals surface area (Å²) in [5.41, 5.74) is 1.33. The second-order valence-electron chi connectivity index (χ2n) is 5.59. The minimum atomic E-state index is -3.08. The molecule has 1 unspecified atom stereocenters. The minimum Gasteiger partial charge on any atom is -0.320 e. The number of para-hydroxylation sites is 1. The molecule has 3 N–H and O–H groups in total. The first kappa shape index (κ1) is 20.4. The molecule has 3 rings (SSSR count). The summed E-state index contributed by atoms with van der Waals surface area (Å²) in [5, 5.41) is 3.08. The lowest BCUT2D eigenvalue weighted by molar-refractivity contribution is 0.477. The molecule has 0 spiro atoms. The lowest BCUT2D eigenvalue weighted by Crippen LogP contribution is -2.33.